The second-order valence-electron chi connectivity index (χ2n) is 3.24. The maximum atomic E-state index is 5.10. The van der Waals surface area contributed by atoms with Gasteiger partial charge in [0.1, 0.15) is 0 Å². The molecular weight excluding hydrogens is 154 g/mol. The predicted molar refractivity (Wildman–Crippen MR) is 48.4 cm³/mol. The third kappa shape index (κ3) is 4.70. The molecule has 0 saturated carbocycles. The van der Waals surface area contributed by atoms with E-state index in [9.17, 15) is 0 Å². The zero-order valence-electron chi connectivity index (χ0n) is 7.92. The molecule has 0 amide bonds. The van der Waals surface area contributed by atoms with E-state index in [1.807, 2.05) is 0 Å². The first kappa shape index (κ1) is 9.96. The van der Waals surface area contributed by atoms with Crippen molar-refractivity contribution in [3.63, 3.8) is 0 Å². The van der Waals surface area contributed by atoms with Gasteiger partial charge in [-0.05, 0) is 19.9 Å². The number of rotatable bonds is 0. The molecule has 0 N–H and O–H groups in total. The summed E-state index contributed by atoms with van der Waals surface area (Å²) in [6.07, 6.45) is 2.56. The number of morpholine rings is 1. The normalized spacial score (nSPS) is 24.8. The van der Waals surface area contributed by atoms with Crippen molar-refractivity contribution >= 4 is 0 Å². The molecule has 2 fully saturated rings. The minimum absolute atomic E-state index is 0.913. The zero-order valence-corrected chi connectivity index (χ0v) is 7.92. The SMILES string of the molecule is C1CCOC1.CN1CCOCC1. The van der Waals surface area contributed by atoms with Gasteiger partial charge in [0.05, 0.1) is 13.2 Å². The van der Waals surface area contributed by atoms with Crippen LogP contribution in [0, 0.1) is 0 Å². The summed E-state index contributed by atoms with van der Waals surface area (Å²) in [5.41, 5.74) is 0. The molecule has 0 aromatic rings. The van der Waals surface area contributed by atoms with Crippen LogP contribution in [0.3, 0.4) is 0 Å². The van der Waals surface area contributed by atoms with Gasteiger partial charge in [-0.3, -0.25) is 0 Å². The molecule has 0 aromatic heterocycles. The number of hydrogen-bond donors (Lipinski definition) is 0. The van der Waals surface area contributed by atoms with Crippen LogP contribution in [0.15, 0.2) is 0 Å². The lowest BCUT2D eigenvalue weighted by molar-refractivity contribution is 0.0503. The first-order valence-electron chi connectivity index (χ1n) is 4.73. The first-order valence-corrected chi connectivity index (χ1v) is 4.73. The van der Waals surface area contributed by atoms with E-state index in [0.717, 1.165) is 39.5 Å². The van der Waals surface area contributed by atoms with Crippen LogP contribution >= 0.6 is 0 Å². The van der Waals surface area contributed by atoms with Gasteiger partial charge in [-0.25, -0.2) is 0 Å². The van der Waals surface area contributed by atoms with Crippen molar-refractivity contribution in [2.75, 3.05) is 46.6 Å². The van der Waals surface area contributed by atoms with Gasteiger partial charge >= 0.3 is 0 Å². The number of likely N-dealkylation sites (N-methyl/N-ethyl adjacent to an activating group) is 1. The average molecular weight is 173 g/mol. The highest BCUT2D eigenvalue weighted by Gasteiger charge is 2.02. The second-order valence-corrected chi connectivity index (χ2v) is 3.24. The van der Waals surface area contributed by atoms with Crippen molar-refractivity contribution in [3.05, 3.63) is 0 Å². The summed E-state index contributed by atoms with van der Waals surface area (Å²) in [6, 6.07) is 0. The van der Waals surface area contributed by atoms with Crippen LogP contribution in [0.5, 0.6) is 0 Å². The lowest BCUT2D eigenvalue weighted by Crippen LogP contribution is -2.32. The van der Waals surface area contributed by atoms with Gasteiger partial charge in [0.2, 0.25) is 0 Å². The van der Waals surface area contributed by atoms with Crippen LogP contribution in [0.1, 0.15) is 12.8 Å². The lowest BCUT2D eigenvalue weighted by atomic mass is 10.4. The fourth-order valence-electron chi connectivity index (χ4n) is 1.16. The summed E-state index contributed by atoms with van der Waals surface area (Å²) in [4.78, 5) is 2.27. The number of ether oxygens (including phenoxy) is 2. The Hall–Kier alpha value is -0.120. The minimum Gasteiger partial charge on any atom is -0.381 e. The van der Waals surface area contributed by atoms with Crippen molar-refractivity contribution in [1.82, 2.24) is 4.90 Å². The monoisotopic (exact) mass is 173 g/mol. The van der Waals surface area contributed by atoms with Crippen LogP contribution in [-0.2, 0) is 9.47 Å². The first-order chi connectivity index (χ1) is 5.89. The molecule has 2 saturated heterocycles. The molecular formula is C9H19NO2. The fraction of sp³-hybridized carbons (Fsp3) is 1.00. The standard InChI is InChI=1S/C5H11NO.C4H8O/c1-6-2-4-7-5-3-6;1-2-4-5-3-1/h2-5H2,1H3;1-4H2. The van der Waals surface area contributed by atoms with Crippen LogP contribution in [0.4, 0.5) is 0 Å². The van der Waals surface area contributed by atoms with E-state index in [4.69, 9.17) is 9.47 Å². The largest absolute Gasteiger partial charge is 0.381 e. The average Bonchev–Trinajstić information content (AvgIpc) is 2.62. The minimum atomic E-state index is 0.913. The Kier molecular flexibility index (Phi) is 5.32. The molecule has 2 aliphatic rings. The Morgan fingerprint density at radius 1 is 0.833 bits per heavy atom. The molecule has 3 heteroatoms. The number of hydrogen-bond acceptors (Lipinski definition) is 3. The molecule has 0 atom stereocenters. The van der Waals surface area contributed by atoms with Crippen molar-refractivity contribution in [1.29, 1.82) is 0 Å². The highest BCUT2D eigenvalue weighted by Crippen LogP contribution is 1.98. The van der Waals surface area contributed by atoms with E-state index >= 15 is 0 Å². The second kappa shape index (κ2) is 6.40. The third-order valence-electron chi connectivity index (χ3n) is 2.06. The van der Waals surface area contributed by atoms with E-state index in [1.54, 1.807) is 0 Å². The van der Waals surface area contributed by atoms with Crippen LogP contribution in [0.25, 0.3) is 0 Å². The summed E-state index contributed by atoms with van der Waals surface area (Å²) in [5, 5.41) is 0. The van der Waals surface area contributed by atoms with Gasteiger partial charge in [0.15, 0.2) is 0 Å². The molecule has 0 spiro atoms. The third-order valence-corrected chi connectivity index (χ3v) is 2.06. The Morgan fingerprint density at radius 3 is 1.58 bits per heavy atom. The molecule has 2 rings (SSSR count). The highest BCUT2D eigenvalue weighted by atomic mass is 16.5. The van der Waals surface area contributed by atoms with E-state index in [0.29, 0.717) is 0 Å². The van der Waals surface area contributed by atoms with Crippen molar-refractivity contribution in [3.8, 4) is 0 Å². The predicted octanol–water partition coefficient (Wildman–Crippen LogP) is 0.745. The molecule has 0 bridgehead atoms. The maximum absolute atomic E-state index is 5.10. The molecule has 72 valence electrons. The molecule has 3 nitrogen and oxygen atoms in total. The van der Waals surface area contributed by atoms with Crippen molar-refractivity contribution in [2.45, 2.75) is 12.8 Å². The lowest BCUT2D eigenvalue weighted by Gasteiger charge is -2.21. The molecule has 0 aromatic carbocycles. The fourth-order valence-corrected chi connectivity index (χ4v) is 1.16. The van der Waals surface area contributed by atoms with Gasteiger partial charge < -0.3 is 14.4 Å². The summed E-state index contributed by atoms with van der Waals surface area (Å²) in [7, 11) is 2.11. The molecule has 12 heavy (non-hydrogen) atoms. The van der Waals surface area contributed by atoms with E-state index < -0.39 is 0 Å². The van der Waals surface area contributed by atoms with Gasteiger partial charge in [-0.1, -0.05) is 0 Å². The van der Waals surface area contributed by atoms with E-state index in [-0.39, 0.29) is 0 Å². The summed E-state index contributed by atoms with van der Waals surface area (Å²) in [5.74, 6) is 0. The van der Waals surface area contributed by atoms with Crippen LogP contribution in [0.2, 0.25) is 0 Å². The van der Waals surface area contributed by atoms with Gasteiger partial charge in [0.25, 0.3) is 0 Å². The summed E-state index contributed by atoms with van der Waals surface area (Å²) < 4.78 is 10.0. The smallest absolute Gasteiger partial charge is 0.0594 e. The Bertz CT molecular complexity index is 91.1. The van der Waals surface area contributed by atoms with Crippen LogP contribution < -0.4 is 0 Å². The summed E-state index contributed by atoms with van der Waals surface area (Å²) in [6.45, 7) is 6.02. The molecule has 2 heterocycles. The van der Waals surface area contributed by atoms with Gasteiger partial charge in [-0.15, -0.1) is 0 Å². The van der Waals surface area contributed by atoms with Crippen molar-refractivity contribution in [2.24, 2.45) is 0 Å². The van der Waals surface area contributed by atoms with Gasteiger partial charge in [0, 0.05) is 26.3 Å². The Balaban J connectivity index is 0.000000127. The summed E-state index contributed by atoms with van der Waals surface area (Å²) >= 11 is 0. The quantitative estimate of drug-likeness (QED) is 0.539. The Labute approximate surface area is 74.6 Å². The molecule has 2 aliphatic heterocycles. The Morgan fingerprint density at radius 2 is 1.33 bits per heavy atom. The maximum Gasteiger partial charge on any atom is 0.0594 e. The molecule has 0 unspecified atom stereocenters. The van der Waals surface area contributed by atoms with E-state index in [2.05, 4.69) is 11.9 Å². The van der Waals surface area contributed by atoms with Crippen LogP contribution in [-0.4, -0.2) is 51.5 Å². The van der Waals surface area contributed by atoms with Crippen molar-refractivity contribution < 1.29 is 9.47 Å². The topological polar surface area (TPSA) is 21.7 Å². The molecule has 0 radical (unpaired) electrons. The highest BCUT2D eigenvalue weighted by molar-refractivity contribution is 4.53. The number of nitrogens with zero attached hydrogens (tertiary/aromatic N) is 1. The zero-order chi connectivity index (χ0) is 8.65. The van der Waals surface area contributed by atoms with E-state index in [1.165, 1.54) is 12.8 Å². The van der Waals surface area contributed by atoms with Gasteiger partial charge in [-0.2, -0.15) is 0 Å². The molecule has 0 aliphatic carbocycles.